The van der Waals surface area contributed by atoms with Gasteiger partial charge in [0.2, 0.25) is 11.1 Å². The fourth-order valence-corrected chi connectivity index (χ4v) is 3.87. The number of benzene rings is 1. The minimum Gasteiger partial charge on any atom is -0.496 e. The zero-order valence-electron chi connectivity index (χ0n) is 15.4. The number of aromatic nitrogens is 3. The van der Waals surface area contributed by atoms with E-state index in [4.69, 9.17) is 16.3 Å². The van der Waals surface area contributed by atoms with E-state index in [0.717, 1.165) is 18.2 Å². The van der Waals surface area contributed by atoms with Crippen LogP contribution in [0.2, 0.25) is 5.02 Å². The Balaban J connectivity index is 1.46. The highest BCUT2D eigenvalue weighted by Gasteiger charge is 2.14. The number of carbonyl (C=O) groups excluding carboxylic acids is 2. The largest absolute Gasteiger partial charge is 0.496 e. The van der Waals surface area contributed by atoms with Crippen molar-refractivity contribution in [3.63, 3.8) is 0 Å². The summed E-state index contributed by atoms with van der Waals surface area (Å²) in [6.45, 7) is 0.457. The number of hydrogen-bond donors (Lipinski definition) is 3. The Bertz CT molecular complexity index is 978. The maximum Gasteiger partial charge on any atom is 0.321 e. The predicted octanol–water partition coefficient (Wildman–Crippen LogP) is 3.36. The Kier molecular flexibility index (Phi) is 7.50. The number of nitrogens with one attached hydrogen (secondary N) is 3. The molecule has 0 saturated carbocycles. The topological polar surface area (TPSA) is 109 Å². The molecule has 0 atom stereocenters. The smallest absolute Gasteiger partial charge is 0.321 e. The number of halogens is 1. The van der Waals surface area contributed by atoms with Gasteiger partial charge in [0.1, 0.15) is 5.75 Å². The van der Waals surface area contributed by atoms with E-state index >= 15 is 0 Å². The van der Waals surface area contributed by atoms with Crippen molar-refractivity contribution in [2.75, 3.05) is 19.4 Å². The third-order valence-corrected chi connectivity index (χ3v) is 5.72. The van der Waals surface area contributed by atoms with E-state index in [2.05, 4.69) is 25.8 Å². The third-order valence-electron chi connectivity index (χ3n) is 3.70. The summed E-state index contributed by atoms with van der Waals surface area (Å²) in [5.74, 6) is 0.635. The summed E-state index contributed by atoms with van der Waals surface area (Å²) in [5, 5.41) is 14.7. The minimum absolute atomic E-state index is 0.00230. The highest BCUT2D eigenvalue weighted by Crippen LogP contribution is 2.31. The number of H-pyrrole nitrogens is 1. The molecule has 0 aliphatic carbocycles. The number of amides is 3. The minimum atomic E-state index is -0.522. The maximum absolute atomic E-state index is 11.9. The van der Waals surface area contributed by atoms with Crippen LogP contribution in [-0.4, -0.2) is 46.5 Å². The molecule has 1 aromatic carbocycles. The Labute approximate surface area is 180 Å². The van der Waals surface area contributed by atoms with Crippen molar-refractivity contribution in [1.29, 1.82) is 0 Å². The summed E-state index contributed by atoms with van der Waals surface area (Å²) < 4.78 is 5.30. The van der Waals surface area contributed by atoms with Crippen LogP contribution in [0.15, 0.2) is 40.9 Å². The van der Waals surface area contributed by atoms with Crippen LogP contribution in [0, 0.1) is 0 Å². The van der Waals surface area contributed by atoms with Gasteiger partial charge in [-0.05, 0) is 36.1 Å². The van der Waals surface area contributed by atoms with Crippen LogP contribution in [0.25, 0.3) is 11.4 Å². The number of urea groups is 1. The van der Waals surface area contributed by atoms with Crippen molar-refractivity contribution in [2.24, 2.45) is 0 Å². The fourth-order valence-electron chi connectivity index (χ4n) is 2.39. The molecule has 2 heterocycles. The molecule has 3 aromatic rings. The lowest BCUT2D eigenvalue weighted by molar-refractivity contribution is -0.117. The lowest BCUT2D eigenvalue weighted by Gasteiger charge is -2.06. The van der Waals surface area contributed by atoms with Crippen molar-refractivity contribution >= 4 is 46.6 Å². The molecule has 0 unspecified atom stereocenters. The second-order valence-electron chi connectivity index (χ2n) is 5.73. The van der Waals surface area contributed by atoms with Gasteiger partial charge in [-0.25, -0.2) is 9.78 Å². The van der Waals surface area contributed by atoms with Gasteiger partial charge in [-0.1, -0.05) is 29.4 Å². The highest BCUT2D eigenvalue weighted by atomic mass is 35.5. The Morgan fingerprint density at radius 1 is 1.34 bits per heavy atom. The first-order valence-corrected chi connectivity index (χ1v) is 10.8. The van der Waals surface area contributed by atoms with Gasteiger partial charge in [0.15, 0.2) is 5.82 Å². The monoisotopic (exact) mass is 451 g/mol. The van der Waals surface area contributed by atoms with Gasteiger partial charge in [-0.3, -0.25) is 15.2 Å². The van der Waals surface area contributed by atoms with Crippen LogP contribution in [0.5, 0.6) is 5.75 Å². The SMILES string of the molecule is COc1ccc(Cl)cc1-c1nc(SCC(=O)NC(=O)NCCc2cccs2)n[nH]1. The number of hydrogen-bond acceptors (Lipinski definition) is 7. The summed E-state index contributed by atoms with van der Waals surface area (Å²) in [6.07, 6.45) is 0.723. The number of carbonyl (C=O) groups is 2. The van der Waals surface area contributed by atoms with Crippen LogP contribution < -0.4 is 15.4 Å². The second-order valence-corrected chi connectivity index (χ2v) is 8.14. The lowest BCUT2D eigenvalue weighted by atomic mass is 10.2. The van der Waals surface area contributed by atoms with Crippen LogP contribution in [0.1, 0.15) is 4.88 Å². The molecular formula is C18H18ClN5O3S2. The standard InChI is InChI=1S/C18H18ClN5O3S2/c1-27-14-5-4-11(19)9-13(14)16-22-18(24-23-16)29-10-15(25)21-17(26)20-7-6-12-3-2-8-28-12/h2-5,8-9H,6-7,10H2,1H3,(H,22,23,24)(H2,20,21,25,26). The first-order chi connectivity index (χ1) is 14.0. The molecule has 0 aliphatic rings. The third kappa shape index (κ3) is 6.21. The van der Waals surface area contributed by atoms with Crippen molar-refractivity contribution in [3.8, 4) is 17.1 Å². The van der Waals surface area contributed by atoms with E-state index in [1.54, 1.807) is 36.6 Å². The van der Waals surface area contributed by atoms with Crippen molar-refractivity contribution < 1.29 is 14.3 Å². The Morgan fingerprint density at radius 3 is 2.97 bits per heavy atom. The number of rotatable bonds is 8. The zero-order valence-corrected chi connectivity index (χ0v) is 17.8. The Hall–Kier alpha value is -2.56. The molecule has 3 N–H and O–H groups in total. The molecule has 0 radical (unpaired) electrons. The number of nitrogens with zero attached hydrogens (tertiary/aromatic N) is 2. The molecule has 0 saturated heterocycles. The first-order valence-electron chi connectivity index (χ1n) is 8.54. The quantitative estimate of drug-likeness (QED) is 0.453. The molecule has 0 spiro atoms. The number of thiophene rings is 1. The van der Waals surface area contributed by atoms with E-state index < -0.39 is 11.9 Å². The summed E-state index contributed by atoms with van der Waals surface area (Å²) in [5.41, 5.74) is 0.661. The molecule has 29 heavy (non-hydrogen) atoms. The summed E-state index contributed by atoms with van der Waals surface area (Å²) >= 11 is 8.77. The van der Waals surface area contributed by atoms with Gasteiger partial charge in [-0.15, -0.1) is 16.4 Å². The normalized spacial score (nSPS) is 10.6. The average molecular weight is 452 g/mol. The molecule has 0 aliphatic heterocycles. The Morgan fingerprint density at radius 2 is 2.21 bits per heavy atom. The molecule has 0 bridgehead atoms. The second kappa shape index (κ2) is 10.3. The van der Waals surface area contributed by atoms with E-state index in [-0.39, 0.29) is 5.75 Å². The van der Waals surface area contributed by atoms with Crippen LogP contribution >= 0.6 is 34.7 Å². The van der Waals surface area contributed by atoms with E-state index in [1.165, 1.54) is 4.88 Å². The first kappa shape index (κ1) is 21.2. The molecule has 8 nitrogen and oxygen atoms in total. The molecule has 11 heteroatoms. The van der Waals surface area contributed by atoms with Gasteiger partial charge < -0.3 is 10.1 Å². The predicted molar refractivity (Wildman–Crippen MR) is 114 cm³/mol. The van der Waals surface area contributed by atoms with Gasteiger partial charge in [-0.2, -0.15) is 0 Å². The van der Waals surface area contributed by atoms with Gasteiger partial charge in [0.25, 0.3) is 0 Å². The molecular weight excluding hydrogens is 434 g/mol. The van der Waals surface area contributed by atoms with Crippen molar-refractivity contribution in [1.82, 2.24) is 25.8 Å². The number of thioether (sulfide) groups is 1. The molecule has 3 amide bonds. The number of aromatic amines is 1. The molecule has 2 aromatic heterocycles. The number of ether oxygens (including phenoxy) is 1. The lowest BCUT2D eigenvalue weighted by Crippen LogP contribution is -2.41. The van der Waals surface area contributed by atoms with Crippen LogP contribution in [0.3, 0.4) is 0 Å². The highest BCUT2D eigenvalue weighted by molar-refractivity contribution is 7.99. The fraction of sp³-hybridized carbons (Fsp3) is 0.222. The zero-order chi connectivity index (χ0) is 20.6. The summed E-state index contributed by atoms with van der Waals surface area (Å²) in [4.78, 5) is 29.2. The summed E-state index contributed by atoms with van der Waals surface area (Å²) in [6, 6.07) is 8.59. The van der Waals surface area contributed by atoms with Gasteiger partial charge >= 0.3 is 6.03 Å². The van der Waals surface area contributed by atoms with Gasteiger partial charge in [0, 0.05) is 16.4 Å². The average Bonchev–Trinajstić information content (AvgIpc) is 3.38. The van der Waals surface area contributed by atoms with E-state index in [0.29, 0.717) is 33.9 Å². The molecule has 3 rings (SSSR count). The summed E-state index contributed by atoms with van der Waals surface area (Å²) in [7, 11) is 1.55. The number of imide groups is 1. The van der Waals surface area contributed by atoms with Crippen LogP contribution in [0.4, 0.5) is 4.79 Å². The van der Waals surface area contributed by atoms with Crippen molar-refractivity contribution in [2.45, 2.75) is 11.6 Å². The van der Waals surface area contributed by atoms with Crippen LogP contribution in [-0.2, 0) is 11.2 Å². The maximum atomic E-state index is 11.9. The molecule has 152 valence electrons. The van der Waals surface area contributed by atoms with E-state index in [1.807, 2.05) is 17.5 Å². The van der Waals surface area contributed by atoms with E-state index in [9.17, 15) is 9.59 Å². The van der Waals surface area contributed by atoms with Crippen molar-refractivity contribution in [3.05, 3.63) is 45.6 Å². The molecule has 0 fully saturated rings. The number of methoxy groups -OCH3 is 1. The van der Waals surface area contributed by atoms with Gasteiger partial charge in [0.05, 0.1) is 18.4 Å².